The number of nitrogens with one attached hydrogen (secondary N) is 2. The van der Waals surface area contributed by atoms with Crippen LogP contribution >= 0.6 is 11.8 Å². The minimum absolute atomic E-state index is 0.204. The van der Waals surface area contributed by atoms with Crippen molar-refractivity contribution < 1.29 is 23.5 Å². The Morgan fingerprint density at radius 3 is 2.55 bits per heavy atom. The molecule has 0 bridgehead atoms. The summed E-state index contributed by atoms with van der Waals surface area (Å²) >= 11 is 0.306. The van der Waals surface area contributed by atoms with Gasteiger partial charge in [0.2, 0.25) is 0 Å². The lowest BCUT2D eigenvalue weighted by atomic mass is 10.2. The molecule has 0 aliphatic rings. The van der Waals surface area contributed by atoms with Gasteiger partial charge in [-0.3, -0.25) is 0 Å². The lowest BCUT2D eigenvalue weighted by Crippen LogP contribution is -2.42. The maximum Gasteiger partial charge on any atom is 0.326 e. The van der Waals surface area contributed by atoms with E-state index in [0.29, 0.717) is 11.8 Å². The van der Waals surface area contributed by atoms with E-state index in [2.05, 4.69) is 10.6 Å². The molecule has 0 spiro atoms. The zero-order valence-electron chi connectivity index (χ0n) is 10.6. The van der Waals surface area contributed by atoms with Gasteiger partial charge in [0.05, 0.1) is 5.69 Å². The van der Waals surface area contributed by atoms with E-state index < -0.39 is 23.8 Å². The van der Waals surface area contributed by atoms with Crippen LogP contribution in [0.15, 0.2) is 29.2 Å². The van der Waals surface area contributed by atoms with Crippen LogP contribution in [-0.4, -0.2) is 28.9 Å². The highest BCUT2D eigenvalue weighted by Crippen LogP contribution is 2.31. The number of halogens is 2. The van der Waals surface area contributed by atoms with Gasteiger partial charge in [-0.05, 0) is 18.6 Å². The summed E-state index contributed by atoms with van der Waals surface area (Å²) in [6.07, 6.45) is 0.218. The van der Waals surface area contributed by atoms with E-state index in [0.717, 1.165) is 0 Å². The average Bonchev–Trinajstić information content (AvgIpc) is 2.37. The van der Waals surface area contributed by atoms with Crippen LogP contribution in [0.25, 0.3) is 0 Å². The summed E-state index contributed by atoms with van der Waals surface area (Å²) in [6, 6.07) is 4.29. The first kappa shape index (κ1) is 16.2. The number of hydrogen-bond donors (Lipinski definition) is 3. The van der Waals surface area contributed by atoms with Crippen LogP contribution in [0, 0.1) is 0 Å². The molecular weight excluding hydrogens is 290 g/mol. The Morgan fingerprint density at radius 2 is 2.00 bits per heavy atom. The van der Waals surface area contributed by atoms with Gasteiger partial charge in [0.25, 0.3) is 5.76 Å². The molecule has 1 rings (SSSR count). The van der Waals surface area contributed by atoms with E-state index in [1.807, 2.05) is 0 Å². The molecule has 0 aliphatic heterocycles. The van der Waals surface area contributed by atoms with E-state index in [4.69, 9.17) is 5.11 Å². The van der Waals surface area contributed by atoms with Crippen molar-refractivity contribution >= 4 is 29.4 Å². The SMILES string of the molecule is CC[C@@H](NC(=O)Nc1ccccc1SC(F)F)C(=O)O. The minimum Gasteiger partial charge on any atom is -0.480 e. The van der Waals surface area contributed by atoms with Crippen LogP contribution in [0.2, 0.25) is 0 Å². The summed E-state index contributed by atoms with van der Waals surface area (Å²) in [6.45, 7) is 1.61. The fraction of sp³-hybridized carbons (Fsp3) is 0.333. The third-order valence-electron chi connectivity index (χ3n) is 2.36. The van der Waals surface area contributed by atoms with Crippen molar-refractivity contribution in [2.45, 2.75) is 30.0 Å². The van der Waals surface area contributed by atoms with Crippen molar-refractivity contribution in [1.82, 2.24) is 5.32 Å². The highest BCUT2D eigenvalue weighted by Gasteiger charge is 2.18. The van der Waals surface area contributed by atoms with Crippen molar-refractivity contribution in [3.05, 3.63) is 24.3 Å². The first-order valence-corrected chi connectivity index (χ1v) is 6.66. The van der Waals surface area contributed by atoms with E-state index in [-0.39, 0.29) is 17.0 Å². The molecule has 8 heteroatoms. The van der Waals surface area contributed by atoms with Crippen molar-refractivity contribution in [2.24, 2.45) is 0 Å². The van der Waals surface area contributed by atoms with Crippen LogP contribution < -0.4 is 10.6 Å². The molecule has 0 aliphatic carbocycles. The van der Waals surface area contributed by atoms with Gasteiger partial charge < -0.3 is 15.7 Å². The summed E-state index contributed by atoms with van der Waals surface area (Å²) in [5.74, 6) is -3.76. The molecule has 2 amide bonds. The number of alkyl halides is 2. The van der Waals surface area contributed by atoms with E-state index in [1.165, 1.54) is 12.1 Å². The minimum atomic E-state index is -2.61. The van der Waals surface area contributed by atoms with Crippen LogP contribution in [-0.2, 0) is 4.79 Å². The number of urea groups is 1. The quantitative estimate of drug-likeness (QED) is 0.706. The zero-order valence-corrected chi connectivity index (χ0v) is 11.4. The van der Waals surface area contributed by atoms with E-state index in [9.17, 15) is 18.4 Å². The lowest BCUT2D eigenvalue weighted by Gasteiger charge is -2.14. The Hall–Kier alpha value is -1.83. The Bertz CT molecular complexity index is 486. The highest BCUT2D eigenvalue weighted by molar-refractivity contribution is 7.99. The van der Waals surface area contributed by atoms with Crippen LogP contribution in [0.3, 0.4) is 0 Å². The summed E-state index contributed by atoms with van der Waals surface area (Å²) < 4.78 is 24.7. The summed E-state index contributed by atoms with van der Waals surface area (Å²) in [5, 5.41) is 13.4. The number of thioether (sulfide) groups is 1. The second-order valence-electron chi connectivity index (χ2n) is 3.77. The molecule has 0 unspecified atom stereocenters. The molecule has 3 N–H and O–H groups in total. The lowest BCUT2D eigenvalue weighted by molar-refractivity contribution is -0.139. The second-order valence-corrected chi connectivity index (χ2v) is 4.80. The summed E-state index contributed by atoms with van der Waals surface area (Å²) in [5.41, 5.74) is 0.204. The predicted molar refractivity (Wildman–Crippen MR) is 72.2 cm³/mol. The van der Waals surface area contributed by atoms with Gasteiger partial charge in [-0.15, -0.1) is 0 Å². The molecule has 0 aromatic heterocycles. The number of carboxylic acid groups (broad SMARTS) is 1. The fourth-order valence-electron chi connectivity index (χ4n) is 1.42. The standard InChI is InChI=1S/C12H14F2N2O3S/c1-2-7(10(17)18)15-12(19)16-8-5-3-4-6-9(8)20-11(13)14/h3-7,11H,2H2,1H3,(H,17,18)(H2,15,16,19)/t7-/m1/s1. The fourth-order valence-corrected chi connectivity index (χ4v) is 2.02. The monoisotopic (exact) mass is 304 g/mol. The normalized spacial score (nSPS) is 12.0. The molecular formula is C12H14F2N2O3S. The van der Waals surface area contributed by atoms with Gasteiger partial charge in [0, 0.05) is 4.90 Å². The van der Waals surface area contributed by atoms with Crippen molar-refractivity contribution in [3.63, 3.8) is 0 Å². The number of hydrogen-bond acceptors (Lipinski definition) is 3. The molecule has 0 saturated carbocycles. The topological polar surface area (TPSA) is 78.4 Å². The molecule has 20 heavy (non-hydrogen) atoms. The molecule has 110 valence electrons. The Morgan fingerprint density at radius 1 is 1.35 bits per heavy atom. The smallest absolute Gasteiger partial charge is 0.326 e. The Labute approximate surface area is 118 Å². The summed E-state index contributed by atoms with van der Waals surface area (Å²) in [4.78, 5) is 22.6. The first-order valence-electron chi connectivity index (χ1n) is 5.78. The third-order valence-corrected chi connectivity index (χ3v) is 3.15. The number of rotatable bonds is 6. The van der Waals surface area contributed by atoms with E-state index >= 15 is 0 Å². The van der Waals surface area contributed by atoms with Gasteiger partial charge >= 0.3 is 12.0 Å². The number of amides is 2. The van der Waals surface area contributed by atoms with Crippen LogP contribution in [0.4, 0.5) is 19.3 Å². The largest absolute Gasteiger partial charge is 0.480 e. The van der Waals surface area contributed by atoms with Gasteiger partial charge in [0.1, 0.15) is 6.04 Å². The number of carboxylic acids is 1. The highest BCUT2D eigenvalue weighted by atomic mass is 32.2. The van der Waals surface area contributed by atoms with Gasteiger partial charge in [-0.25, -0.2) is 9.59 Å². The number of carbonyl (C=O) groups excluding carboxylic acids is 1. The first-order chi connectivity index (χ1) is 9.43. The molecule has 1 aromatic rings. The number of benzene rings is 1. The number of carbonyl (C=O) groups is 2. The van der Waals surface area contributed by atoms with Crippen LogP contribution in [0.5, 0.6) is 0 Å². The average molecular weight is 304 g/mol. The number of anilines is 1. The van der Waals surface area contributed by atoms with Crippen molar-refractivity contribution in [3.8, 4) is 0 Å². The molecule has 0 saturated heterocycles. The maximum absolute atomic E-state index is 12.4. The number of para-hydroxylation sites is 1. The molecule has 0 fully saturated rings. The predicted octanol–water partition coefficient (Wildman–Crippen LogP) is 2.99. The van der Waals surface area contributed by atoms with Crippen LogP contribution in [0.1, 0.15) is 13.3 Å². The zero-order chi connectivity index (χ0) is 15.1. The number of aliphatic carboxylic acids is 1. The molecule has 5 nitrogen and oxygen atoms in total. The Balaban J connectivity index is 2.73. The van der Waals surface area contributed by atoms with Gasteiger partial charge in [-0.1, -0.05) is 30.8 Å². The molecule has 1 aromatic carbocycles. The second kappa shape index (κ2) is 7.68. The maximum atomic E-state index is 12.4. The van der Waals surface area contributed by atoms with E-state index in [1.54, 1.807) is 19.1 Å². The molecule has 0 radical (unpaired) electrons. The van der Waals surface area contributed by atoms with Crippen molar-refractivity contribution in [1.29, 1.82) is 0 Å². The van der Waals surface area contributed by atoms with Gasteiger partial charge in [-0.2, -0.15) is 8.78 Å². The molecule has 0 heterocycles. The Kier molecular flexibility index (Phi) is 6.23. The van der Waals surface area contributed by atoms with Gasteiger partial charge in [0.15, 0.2) is 0 Å². The van der Waals surface area contributed by atoms with Crippen molar-refractivity contribution in [2.75, 3.05) is 5.32 Å². The third kappa shape index (κ3) is 5.04. The molecule has 1 atom stereocenters. The summed E-state index contributed by atoms with van der Waals surface area (Å²) in [7, 11) is 0.